The molecule has 7 heavy (non-hydrogen) atoms. The molecular weight excluding hydrogens is 400 g/mol. The molecule has 3 nitrogen and oxygen atoms in total. The molecule has 0 aromatic carbocycles. The molecule has 0 aliphatic heterocycles. The Bertz CT molecular complexity index is 64.0. The Labute approximate surface area is 76.8 Å². The predicted molar refractivity (Wildman–Crippen MR) is 42.2 cm³/mol. The van der Waals surface area contributed by atoms with E-state index in [1.54, 1.807) is 7.05 Å². The molecule has 0 amide bonds. The molecule has 5 heteroatoms. The summed E-state index contributed by atoms with van der Waals surface area (Å²) in [5.74, 6) is 0.0793. The summed E-state index contributed by atoms with van der Waals surface area (Å²) >= 11 is 1.92. The van der Waals surface area contributed by atoms with E-state index in [2.05, 4.69) is 0 Å². The van der Waals surface area contributed by atoms with Crippen molar-refractivity contribution in [2.24, 2.45) is 5.73 Å². The third kappa shape index (κ3) is 6.92. The molecule has 42 valence electrons. The molecular formula is C2H8IN3Pb. The zero-order valence-corrected chi connectivity index (χ0v) is 11.8. The first-order chi connectivity index (χ1) is 2.64. The van der Waals surface area contributed by atoms with Crippen molar-refractivity contribution < 1.29 is 0 Å². The minimum absolute atomic E-state index is 0. The van der Waals surface area contributed by atoms with E-state index in [1.807, 2.05) is 22.9 Å². The third-order valence-electron chi connectivity index (χ3n) is 0.332. The number of rotatable bonds is 0. The summed E-state index contributed by atoms with van der Waals surface area (Å²) in [6, 6.07) is 0. The van der Waals surface area contributed by atoms with Crippen molar-refractivity contribution in [3.8, 4) is 0 Å². The second-order valence-electron chi connectivity index (χ2n) is 0.862. The SMILES string of the molecule is CN(I)C(=N)N.[PbH2]. The van der Waals surface area contributed by atoms with Crippen molar-refractivity contribution in [1.29, 1.82) is 5.41 Å². The second kappa shape index (κ2) is 5.07. The molecule has 3 N–H and O–H groups in total. The van der Waals surface area contributed by atoms with E-state index in [1.165, 1.54) is 3.11 Å². The Kier molecular flexibility index (Phi) is 7.83. The number of nitrogens with one attached hydrogen (secondary N) is 1. The Balaban J connectivity index is 0. The molecule has 0 aromatic rings. The van der Waals surface area contributed by atoms with Crippen LogP contribution in [0.25, 0.3) is 0 Å². The van der Waals surface area contributed by atoms with Crippen molar-refractivity contribution in [3.63, 3.8) is 0 Å². The Hall–Kier alpha value is 0.922. The van der Waals surface area contributed by atoms with Gasteiger partial charge in [0.05, 0.1) is 22.9 Å². The van der Waals surface area contributed by atoms with Crippen LogP contribution < -0.4 is 5.73 Å². The molecule has 0 heterocycles. The maximum absolute atomic E-state index is 6.65. The van der Waals surface area contributed by atoms with E-state index < -0.39 is 0 Å². The van der Waals surface area contributed by atoms with Crippen LogP contribution in [0.15, 0.2) is 0 Å². The van der Waals surface area contributed by atoms with Gasteiger partial charge in [0.25, 0.3) is 0 Å². The van der Waals surface area contributed by atoms with Crippen LogP contribution in [-0.2, 0) is 0 Å². The van der Waals surface area contributed by atoms with Gasteiger partial charge in [0.1, 0.15) is 0 Å². The quantitative estimate of drug-likeness (QED) is 0.182. The van der Waals surface area contributed by atoms with Gasteiger partial charge in [-0.05, 0) is 0 Å². The van der Waals surface area contributed by atoms with Crippen LogP contribution in [0.5, 0.6) is 0 Å². The molecule has 0 bridgehead atoms. The first-order valence-corrected chi connectivity index (χ1v) is 2.34. The number of hydrogen-bond donors (Lipinski definition) is 2. The Morgan fingerprint density at radius 2 is 2.00 bits per heavy atom. The summed E-state index contributed by atoms with van der Waals surface area (Å²) in [5.41, 5.74) is 4.94. The molecule has 0 aromatic heterocycles. The van der Waals surface area contributed by atoms with Crippen LogP contribution in [0, 0.1) is 5.41 Å². The number of halogens is 1. The van der Waals surface area contributed by atoms with Crippen molar-refractivity contribution in [2.75, 3.05) is 7.05 Å². The van der Waals surface area contributed by atoms with Gasteiger partial charge in [0.2, 0.25) is 0 Å². The average Bonchev–Trinajstić information content (AvgIpc) is 1.36. The predicted octanol–water partition coefficient (Wildman–Crippen LogP) is -0.755. The summed E-state index contributed by atoms with van der Waals surface area (Å²) in [6.07, 6.45) is 0. The van der Waals surface area contributed by atoms with Gasteiger partial charge in [0.15, 0.2) is 5.96 Å². The maximum atomic E-state index is 6.65. The van der Waals surface area contributed by atoms with E-state index >= 15 is 0 Å². The monoisotopic (exact) mass is 409 g/mol. The summed E-state index contributed by atoms with van der Waals surface area (Å²) < 4.78 is 1.50. The van der Waals surface area contributed by atoms with Crippen LogP contribution in [0.1, 0.15) is 0 Å². The van der Waals surface area contributed by atoms with Gasteiger partial charge >= 0.3 is 27.3 Å². The molecule has 0 aliphatic rings. The topological polar surface area (TPSA) is 53.1 Å². The fourth-order valence-electron chi connectivity index (χ4n) is 0. The molecule has 0 atom stereocenters. The average molecular weight is 408 g/mol. The van der Waals surface area contributed by atoms with Crippen LogP contribution in [0.3, 0.4) is 0 Å². The van der Waals surface area contributed by atoms with Gasteiger partial charge in [-0.25, -0.2) is 0 Å². The van der Waals surface area contributed by atoms with E-state index in [-0.39, 0.29) is 33.3 Å². The molecule has 0 unspecified atom stereocenters. The number of hydrogen-bond acceptors (Lipinski definition) is 1. The van der Waals surface area contributed by atoms with Crippen LogP contribution in [-0.4, -0.2) is 43.4 Å². The van der Waals surface area contributed by atoms with Gasteiger partial charge < -0.3 is 5.73 Å². The second-order valence-corrected chi connectivity index (χ2v) is 2.31. The van der Waals surface area contributed by atoms with Crippen molar-refractivity contribution in [1.82, 2.24) is 3.11 Å². The van der Waals surface area contributed by atoms with Crippen LogP contribution in [0.4, 0.5) is 0 Å². The summed E-state index contributed by atoms with van der Waals surface area (Å²) in [5, 5.41) is 6.65. The van der Waals surface area contributed by atoms with E-state index in [4.69, 9.17) is 11.1 Å². The van der Waals surface area contributed by atoms with Gasteiger partial charge in [-0.1, -0.05) is 0 Å². The normalized spacial score (nSPS) is 6.57. The van der Waals surface area contributed by atoms with E-state index in [9.17, 15) is 0 Å². The first-order valence-electron chi connectivity index (χ1n) is 1.38. The molecule has 0 saturated heterocycles. The molecule has 0 fully saturated rings. The van der Waals surface area contributed by atoms with Crippen molar-refractivity contribution >= 4 is 56.1 Å². The number of guanidine groups is 1. The van der Waals surface area contributed by atoms with Gasteiger partial charge in [-0.2, -0.15) is 0 Å². The Morgan fingerprint density at radius 1 is 1.86 bits per heavy atom. The first kappa shape index (κ1) is 10.8. The van der Waals surface area contributed by atoms with Gasteiger partial charge in [-0.15, -0.1) is 0 Å². The zero-order chi connectivity index (χ0) is 5.15. The molecule has 0 spiro atoms. The molecule has 2 radical (unpaired) electrons. The molecule has 0 saturated carbocycles. The van der Waals surface area contributed by atoms with Crippen molar-refractivity contribution in [2.45, 2.75) is 0 Å². The third-order valence-corrected chi connectivity index (χ3v) is 0.852. The van der Waals surface area contributed by atoms with Gasteiger partial charge in [-0.3, -0.25) is 8.52 Å². The standard InChI is InChI=1S/C2H6IN3.Pb.2H/c1-6(3)2(4)5;;;/h1H3,(H3,4,5);;;. The van der Waals surface area contributed by atoms with E-state index in [0.29, 0.717) is 0 Å². The zero-order valence-electron chi connectivity index (χ0n) is 4.11. The van der Waals surface area contributed by atoms with Gasteiger partial charge in [0, 0.05) is 7.05 Å². The number of nitrogens with zero attached hydrogens (tertiary/aromatic N) is 1. The summed E-state index contributed by atoms with van der Waals surface area (Å²) in [7, 11) is 1.71. The number of nitrogens with two attached hydrogens (primary N) is 1. The summed E-state index contributed by atoms with van der Waals surface area (Å²) in [4.78, 5) is 0. The summed E-state index contributed by atoms with van der Waals surface area (Å²) in [6.45, 7) is 0. The molecule has 0 rings (SSSR count). The van der Waals surface area contributed by atoms with Crippen molar-refractivity contribution in [3.05, 3.63) is 0 Å². The Morgan fingerprint density at radius 3 is 2.00 bits per heavy atom. The molecule has 0 aliphatic carbocycles. The van der Waals surface area contributed by atoms with E-state index in [0.717, 1.165) is 0 Å². The fourth-order valence-corrected chi connectivity index (χ4v) is 0. The fraction of sp³-hybridized carbons (Fsp3) is 0.500. The minimum atomic E-state index is 0. The van der Waals surface area contributed by atoms with Crippen LogP contribution in [0.2, 0.25) is 0 Å². The van der Waals surface area contributed by atoms with Crippen LogP contribution >= 0.6 is 22.9 Å².